The number of aromatic nitrogens is 2. The maximum absolute atomic E-state index is 5.57. The summed E-state index contributed by atoms with van der Waals surface area (Å²) >= 11 is 0. The Labute approximate surface area is 111 Å². The topological polar surface area (TPSA) is 111 Å². The summed E-state index contributed by atoms with van der Waals surface area (Å²) < 4.78 is 5.37. The summed E-state index contributed by atoms with van der Waals surface area (Å²) in [6, 6.07) is 9.18. The molecule has 19 heavy (non-hydrogen) atoms. The summed E-state index contributed by atoms with van der Waals surface area (Å²) in [4.78, 5) is 7.97. The molecule has 2 rings (SSSR count). The molecule has 6 N–H and O–H groups in total. The van der Waals surface area contributed by atoms with Gasteiger partial charge in [0.15, 0.2) is 0 Å². The first kappa shape index (κ1) is 12.9. The van der Waals surface area contributed by atoms with Crippen molar-refractivity contribution in [1.29, 1.82) is 0 Å². The first-order chi connectivity index (χ1) is 9.21. The third kappa shape index (κ3) is 3.46. The zero-order chi connectivity index (χ0) is 13.7. The molecule has 0 saturated carbocycles. The molecule has 0 saturated heterocycles. The van der Waals surface area contributed by atoms with Crippen molar-refractivity contribution >= 4 is 23.3 Å². The van der Waals surface area contributed by atoms with Crippen molar-refractivity contribution in [1.82, 2.24) is 9.97 Å². The molecule has 100 valence electrons. The lowest BCUT2D eigenvalue weighted by Crippen LogP contribution is -2.11. The predicted molar refractivity (Wildman–Crippen MR) is 75.1 cm³/mol. The largest absolute Gasteiger partial charge is 0.494 e. The van der Waals surface area contributed by atoms with E-state index in [0.29, 0.717) is 18.2 Å². The van der Waals surface area contributed by atoms with Crippen LogP contribution in [0.4, 0.5) is 23.3 Å². The van der Waals surface area contributed by atoms with Gasteiger partial charge in [-0.15, -0.1) is 0 Å². The third-order valence-electron chi connectivity index (χ3n) is 2.33. The van der Waals surface area contributed by atoms with Gasteiger partial charge in [0, 0.05) is 11.8 Å². The summed E-state index contributed by atoms with van der Waals surface area (Å²) in [6.07, 6.45) is 0. The van der Waals surface area contributed by atoms with Gasteiger partial charge in [-0.3, -0.25) is 0 Å². The van der Waals surface area contributed by atoms with Gasteiger partial charge < -0.3 is 21.2 Å². The lowest BCUT2D eigenvalue weighted by Gasteiger charge is -2.09. The van der Waals surface area contributed by atoms with Crippen LogP contribution >= 0.6 is 0 Å². The van der Waals surface area contributed by atoms with Gasteiger partial charge in [-0.1, -0.05) is 0 Å². The fraction of sp³-hybridized carbons (Fsp3) is 0.167. The molecule has 0 atom stereocenters. The van der Waals surface area contributed by atoms with Gasteiger partial charge in [0.25, 0.3) is 0 Å². The van der Waals surface area contributed by atoms with E-state index in [-0.39, 0.29) is 5.95 Å². The molecule has 1 aromatic carbocycles. The Morgan fingerprint density at radius 1 is 1.16 bits per heavy atom. The van der Waals surface area contributed by atoms with E-state index in [1.165, 1.54) is 0 Å². The third-order valence-corrected chi connectivity index (χ3v) is 2.33. The number of rotatable bonds is 5. The van der Waals surface area contributed by atoms with Crippen molar-refractivity contribution in [2.24, 2.45) is 5.84 Å². The van der Waals surface area contributed by atoms with E-state index in [1.807, 2.05) is 31.2 Å². The predicted octanol–water partition coefficient (Wildman–Crippen LogP) is 1.49. The van der Waals surface area contributed by atoms with E-state index in [4.69, 9.17) is 16.3 Å². The van der Waals surface area contributed by atoms with Crippen molar-refractivity contribution < 1.29 is 4.74 Å². The normalized spacial score (nSPS) is 10.0. The average molecular weight is 260 g/mol. The summed E-state index contributed by atoms with van der Waals surface area (Å²) in [6.45, 7) is 2.58. The Bertz CT molecular complexity index is 542. The first-order valence-corrected chi connectivity index (χ1v) is 5.82. The lowest BCUT2D eigenvalue weighted by molar-refractivity contribution is 0.340. The van der Waals surface area contributed by atoms with Gasteiger partial charge in [-0.2, -0.15) is 9.97 Å². The zero-order valence-electron chi connectivity index (χ0n) is 10.6. The van der Waals surface area contributed by atoms with Crippen LogP contribution in [0.3, 0.4) is 0 Å². The molecular weight excluding hydrogens is 244 g/mol. The number of anilines is 4. The maximum Gasteiger partial charge on any atom is 0.223 e. The number of nitrogens with two attached hydrogens (primary N) is 2. The van der Waals surface area contributed by atoms with Crippen molar-refractivity contribution in [2.45, 2.75) is 6.92 Å². The summed E-state index contributed by atoms with van der Waals surface area (Å²) in [5.74, 6) is 7.26. The molecule has 0 amide bonds. The Morgan fingerprint density at radius 2 is 1.84 bits per heavy atom. The number of hydrazine groups is 1. The molecule has 1 aromatic heterocycles. The van der Waals surface area contributed by atoms with Gasteiger partial charge in [-0.25, -0.2) is 5.84 Å². The molecule has 2 aromatic rings. The van der Waals surface area contributed by atoms with Crippen molar-refractivity contribution in [3.05, 3.63) is 30.3 Å². The second-order valence-electron chi connectivity index (χ2n) is 3.72. The van der Waals surface area contributed by atoms with Gasteiger partial charge in [-0.05, 0) is 31.2 Å². The Kier molecular flexibility index (Phi) is 3.99. The monoisotopic (exact) mass is 260 g/mol. The van der Waals surface area contributed by atoms with E-state index in [0.717, 1.165) is 11.4 Å². The van der Waals surface area contributed by atoms with Gasteiger partial charge in [0.2, 0.25) is 5.95 Å². The molecule has 0 unspecified atom stereocenters. The first-order valence-electron chi connectivity index (χ1n) is 5.82. The second kappa shape index (κ2) is 5.87. The van der Waals surface area contributed by atoms with Crippen LogP contribution in [0, 0.1) is 0 Å². The number of nitrogen functional groups attached to an aromatic ring is 2. The molecule has 7 heteroatoms. The number of ether oxygens (including phenoxy) is 1. The molecule has 0 aliphatic carbocycles. The minimum Gasteiger partial charge on any atom is -0.494 e. The Balaban J connectivity index is 2.14. The molecule has 0 radical (unpaired) electrons. The van der Waals surface area contributed by atoms with Gasteiger partial charge in [0.05, 0.1) is 6.61 Å². The Morgan fingerprint density at radius 3 is 2.47 bits per heavy atom. The van der Waals surface area contributed by atoms with E-state index in [1.54, 1.807) is 6.07 Å². The number of hydrogen-bond donors (Lipinski definition) is 4. The van der Waals surface area contributed by atoms with Crippen LogP contribution in [-0.4, -0.2) is 16.6 Å². The van der Waals surface area contributed by atoms with E-state index >= 15 is 0 Å². The average Bonchev–Trinajstić information content (AvgIpc) is 2.40. The molecule has 0 spiro atoms. The second-order valence-corrected chi connectivity index (χ2v) is 3.72. The zero-order valence-corrected chi connectivity index (χ0v) is 10.6. The van der Waals surface area contributed by atoms with E-state index in [2.05, 4.69) is 20.7 Å². The molecule has 0 aliphatic heterocycles. The molecule has 0 aliphatic rings. The minimum absolute atomic E-state index is 0.142. The van der Waals surface area contributed by atoms with Crippen LogP contribution in [0.5, 0.6) is 5.75 Å². The van der Waals surface area contributed by atoms with E-state index < -0.39 is 0 Å². The molecule has 0 bridgehead atoms. The van der Waals surface area contributed by atoms with Crippen molar-refractivity contribution in [2.75, 3.05) is 23.1 Å². The number of nitrogens with zero attached hydrogens (tertiary/aromatic N) is 2. The van der Waals surface area contributed by atoms with E-state index in [9.17, 15) is 0 Å². The Hall–Kier alpha value is -2.54. The smallest absolute Gasteiger partial charge is 0.223 e. The van der Waals surface area contributed by atoms with Crippen LogP contribution in [0.1, 0.15) is 6.92 Å². The van der Waals surface area contributed by atoms with Crippen molar-refractivity contribution in [3.63, 3.8) is 0 Å². The SMILES string of the molecule is CCOc1ccc(Nc2cc(NN)nc(N)n2)cc1. The molecule has 7 nitrogen and oxygen atoms in total. The summed E-state index contributed by atoms with van der Waals surface area (Å²) in [5, 5.41) is 3.11. The quantitative estimate of drug-likeness (QED) is 0.476. The molecule has 0 fully saturated rings. The highest BCUT2D eigenvalue weighted by atomic mass is 16.5. The standard InChI is InChI=1S/C12H16N6O/c1-2-19-9-5-3-8(4-6-9)15-10-7-11(18-14)17-12(13)16-10/h3-7H,2,14H2,1H3,(H4,13,15,16,17,18). The van der Waals surface area contributed by atoms with Crippen LogP contribution in [0.25, 0.3) is 0 Å². The number of benzene rings is 1. The number of nitrogens with one attached hydrogen (secondary N) is 2. The fourth-order valence-electron chi connectivity index (χ4n) is 1.55. The summed E-state index contributed by atoms with van der Waals surface area (Å²) in [5.41, 5.74) is 8.87. The lowest BCUT2D eigenvalue weighted by atomic mass is 10.3. The maximum atomic E-state index is 5.57. The van der Waals surface area contributed by atoms with Gasteiger partial charge >= 0.3 is 0 Å². The molecule has 1 heterocycles. The van der Waals surface area contributed by atoms with Crippen molar-refractivity contribution in [3.8, 4) is 5.75 Å². The van der Waals surface area contributed by atoms with Gasteiger partial charge in [0.1, 0.15) is 17.4 Å². The van der Waals surface area contributed by atoms with Crippen LogP contribution in [0.2, 0.25) is 0 Å². The minimum atomic E-state index is 0.142. The highest BCUT2D eigenvalue weighted by Crippen LogP contribution is 2.20. The fourth-order valence-corrected chi connectivity index (χ4v) is 1.55. The summed E-state index contributed by atoms with van der Waals surface area (Å²) in [7, 11) is 0. The highest BCUT2D eigenvalue weighted by molar-refractivity contribution is 5.61. The number of hydrogen-bond acceptors (Lipinski definition) is 7. The highest BCUT2D eigenvalue weighted by Gasteiger charge is 2.02. The van der Waals surface area contributed by atoms with Crippen LogP contribution < -0.4 is 27.1 Å². The van der Waals surface area contributed by atoms with Crippen LogP contribution in [0.15, 0.2) is 30.3 Å². The van der Waals surface area contributed by atoms with Crippen LogP contribution in [-0.2, 0) is 0 Å². The molecular formula is C12H16N6O.